The normalized spacial score (nSPS) is 18.1. The Morgan fingerprint density at radius 1 is 1.19 bits per heavy atom. The molecule has 0 aliphatic heterocycles. The van der Waals surface area contributed by atoms with Crippen molar-refractivity contribution in [3.8, 4) is 0 Å². The smallest absolute Gasteiger partial charge is 0.303 e. The fraction of sp³-hybridized carbons (Fsp3) is 0.529. The van der Waals surface area contributed by atoms with Crippen LogP contribution in [0.1, 0.15) is 57.1 Å². The third-order valence-corrected chi connectivity index (χ3v) is 4.40. The molecule has 114 valence electrons. The van der Waals surface area contributed by atoms with E-state index in [2.05, 4.69) is 5.32 Å². The highest BCUT2D eigenvalue weighted by Crippen LogP contribution is 2.44. The van der Waals surface area contributed by atoms with E-state index < -0.39 is 5.97 Å². The average molecular weight is 289 g/mol. The molecule has 21 heavy (non-hydrogen) atoms. The Morgan fingerprint density at radius 3 is 2.38 bits per heavy atom. The number of nitrogens with one attached hydrogen (secondary N) is 1. The lowest BCUT2D eigenvalue weighted by Crippen LogP contribution is -2.33. The minimum atomic E-state index is -0.805. The molecular weight excluding hydrogens is 266 g/mol. The summed E-state index contributed by atoms with van der Waals surface area (Å²) in [5.41, 5.74) is 0.719. The van der Waals surface area contributed by atoms with Crippen molar-refractivity contribution >= 4 is 11.9 Å². The van der Waals surface area contributed by atoms with Crippen molar-refractivity contribution in [2.75, 3.05) is 0 Å². The second-order valence-electron chi connectivity index (χ2n) is 6.15. The monoisotopic (exact) mass is 289 g/mol. The maximum absolute atomic E-state index is 12.3. The van der Waals surface area contributed by atoms with Gasteiger partial charge in [-0.05, 0) is 30.7 Å². The zero-order valence-electron chi connectivity index (χ0n) is 12.5. The van der Waals surface area contributed by atoms with Crippen LogP contribution in [0.3, 0.4) is 0 Å². The van der Waals surface area contributed by atoms with E-state index in [1.165, 1.54) is 0 Å². The Labute approximate surface area is 125 Å². The van der Waals surface area contributed by atoms with Crippen LogP contribution < -0.4 is 5.32 Å². The minimum absolute atomic E-state index is 0.0468. The fourth-order valence-corrected chi connectivity index (χ4v) is 3.32. The van der Waals surface area contributed by atoms with E-state index in [1.54, 1.807) is 0 Å². The molecular formula is C17H23NO3. The maximum atomic E-state index is 12.3. The van der Waals surface area contributed by atoms with E-state index in [9.17, 15) is 9.59 Å². The number of benzene rings is 1. The third kappa shape index (κ3) is 4.31. The second kappa shape index (κ2) is 6.74. The van der Waals surface area contributed by atoms with Crippen molar-refractivity contribution in [3.05, 3.63) is 35.9 Å². The lowest BCUT2D eigenvalue weighted by molar-refractivity contribution is -0.140. The molecule has 1 aliphatic rings. The van der Waals surface area contributed by atoms with Gasteiger partial charge in [-0.15, -0.1) is 0 Å². The zero-order chi connectivity index (χ0) is 15.3. The molecule has 1 atom stereocenters. The molecule has 4 nitrogen and oxygen atoms in total. The Morgan fingerprint density at radius 2 is 1.81 bits per heavy atom. The highest BCUT2D eigenvalue weighted by atomic mass is 16.4. The van der Waals surface area contributed by atoms with E-state index in [0.717, 1.165) is 31.2 Å². The maximum Gasteiger partial charge on any atom is 0.303 e. The van der Waals surface area contributed by atoms with Crippen LogP contribution >= 0.6 is 0 Å². The largest absolute Gasteiger partial charge is 0.481 e. The Bertz CT molecular complexity index is 492. The summed E-state index contributed by atoms with van der Waals surface area (Å²) in [5.74, 6) is -0.852. The predicted molar refractivity (Wildman–Crippen MR) is 80.8 cm³/mol. The van der Waals surface area contributed by atoms with Crippen molar-refractivity contribution in [2.24, 2.45) is 5.41 Å². The van der Waals surface area contributed by atoms with E-state index in [-0.39, 0.29) is 23.8 Å². The van der Waals surface area contributed by atoms with Crippen LogP contribution in [-0.4, -0.2) is 17.0 Å². The molecule has 2 N–H and O–H groups in total. The van der Waals surface area contributed by atoms with Crippen LogP contribution in [0, 0.1) is 5.41 Å². The molecule has 0 aromatic heterocycles. The summed E-state index contributed by atoms with van der Waals surface area (Å²) in [6.45, 7) is 1.95. The van der Waals surface area contributed by atoms with Crippen molar-refractivity contribution in [2.45, 2.75) is 51.5 Å². The molecule has 1 saturated carbocycles. The van der Waals surface area contributed by atoms with Gasteiger partial charge in [0.05, 0.1) is 12.5 Å². The van der Waals surface area contributed by atoms with Gasteiger partial charge < -0.3 is 10.4 Å². The number of carbonyl (C=O) groups excluding carboxylic acids is 1. The van der Waals surface area contributed by atoms with Gasteiger partial charge in [0.2, 0.25) is 5.91 Å². The molecule has 0 radical (unpaired) electrons. The summed E-state index contributed by atoms with van der Waals surface area (Å²) in [5, 5.41) is 12.1. The lowest BCUT2D eigenvalue weighted by Gasteiger charge is -2.27. The van der Waals surface area contributed by atoms with Gasteiger partial charge in [-0.25, -0.2) is 0 Å². The molecule has 0 saturated heterocycles. The third-order valence-electron chi connectivity index (χ3n) is 4.40. The molecule has 1 aliphatic carbocycles. The summed E-state index contributed by atoms with van der Waals surface area (Å²) in [6.07, 6.45) is 4.14. The molecule has 0 heterocycles. The summed E-state index contributed by atoms with van der Waals surface area (Å²) >= 11 is 0. The molecule has 4 heteroatoms. The number of hydrogen-bond donors (Lipinski definition) is 2. The summed E-state index contributed by atoms with van der Waals surface area (Å²) in [6, 6.07) is 9.74. The van der Waals surface area contributed by atoms with Crippen LogP contribution in [0.2, 0.25) is 0 Å². The van der Waals surface area contributed by atoms with Crippen LogP contribution in [0.5, 0.6) is 0 Å². The van der Waals surface area contributed by atoms with Crippen LogP contribution in [0.25, 0.3) is 0 Å². The van der Waals surface area contributed by atoms with Crippen molar-refractivity contribution < 1.29 is 14.7 Å². The molecule has 1 amide bonds. The zero-order valence-corrected chi connectivity index (χ0v) is 12.5. The highest BCUT2D eigenvalue weighted by molar-refractivity contribution is 5.78. The number of hydrogen-bond acceptors (Lipinski definition) is 2. The fourth-order valence-electron chi connectivity index (χ4n) is 3.32. The van der Waals surface area contributed by atoms with Crippen molar-refractivity contribution in [1.82, 2.24) is 5.32 Å². The van der Waals surface area contributed by atoms with E-state index in [1.807, 2.05) is 37.3 Å². The molecule has 0 spiro atoms. The Kier molecular flexibility index (Phi) is 4.99. The van der Waals surface area contributed by atoms with Gasteiger partial charge in [-0.3, -0.25) is 9.59 Å². The summed E-state index contributed by atoms with van der Waals surface area (Å²) in [4.78, 5) is 23.3. The Hall–Kier alpha value is -1.84. The Balaban J connectivity index is 1.95. The molecule has 1 fully saturated rings. The topological polar surface area (TPSA) is 66.4 Å². The number of amides is 1. The van der Waals surface area contributed by atoms with Crippen molar-refractivity contribution in [1.29, 1.82) is 0 Å². The molecule has 1 unspecified atom stereocenters. The first-order valence-corrected chi connectivity index (χ1v) is 7.57. The van der Waals surface area contributed by atoms with Crippen LogP contribution in [0.4, 0.5) is 0 Å². The summed E-state index contributed by atoms with van der Waals surface area (Å²) < 4.78 is 0. The first-order valence-electron chi connectivity index (χ1n) is 7.57. The number of aliphatic carboxylic acids is 1. The van der Waals surface area contributed by atoms with Gasteiger partial charge in [0.25, 0.3) is 0 Å². The van der Waals surface area contributed by atoms with Gasteiger partial charge in [0, 0.05) is 6.42 Å². The van der Waals surface area contributed by atoms with Crippen molar-refractivity contribution in [3.63, 3.8) is 0 Å². The number of rotatable bonds is 6. The first kappa shape index (κ1) is 15.5. The number of carbonyl (C=O) groups is 2. The van der Waals surface area contributed by atoms with Gasteiger partial charge in [-0.2, -0.15) is 0 Å². The van der Waals surface area contributed by atoms with Gasteiger partial charge >= 0.3 is 5.97 Å². The highest BCUT2D eigenvalue weighted by Gasteiger charge is 2.38. The number of carboxylic acids is 1. The van der Waals surface area contributed by atoms with Gasteiger partial charge in [0.15, 0.2) is 0 Å². The SMILES string of the molecule is CC(NC(=O)CC1(CC(=O)O)CCCC1)c1ccccc1. The second-order valence-corrected chi connectivity index (χ2v) is 6.15. The molecule has 1 aromatic carbocycles. The summed E-state index contributed by atoms with van der Waals surface area (Å²) in [7, 11) is 0. The number of carboxylic acid groups (broad SMARTS) is 1. The molecule has 1 aromatic rings. The quantitative estimate of drug-likeness (QED) is 0.844. The molecule has 2 rings (SSSR count). The average Bonchev–Trinajstić information content (AvgIpc) is 2.86. The molecule has 0 bridgehead atoms. The van der Waals surface area contributed by atoms with E-state index in [4.69, 9.17) is 5.11 Å². The van der Waals surface area contributed by atoms with Gasteiger partial charge in [0.1, 0.15) is 0 Å². The van der Waals surface area contributed by atoms with E-state index in [0.29, 0.717) is 6.42 Å². The minimum Gasteiger partial charge on any atom is -0.481 e. The predicted octanol–water partition coefficient (Wildman–Crippen LogP) is 3.29. The van der Waals surface area contributed by atoms with E-state index >= 15 is 0 Å². The van der Waals surface area contributed by atoms with Crippen LogP contribution in [0.15, 0.2) is 30.3 Å². The van der Waals surface area contributed by atoms with Crippen LogP contribution in [-0.2, 0) is 9.59 Å². The first-order chi connectivity index (χ1) is 10.0. The van der Waals surface area contributed by atoms with Gasteiger partial charge in [-0.1, -0.05) is 43.2 Å². The standard InChI is InChI=1S/C17H23NO3/c1-13(14-7-3-2-4-8-14)18-15(19)11-17(12-16(20)21)9-5-6-10-17/h2-4,7-8,13H,5-6,9-12H2,1H3,(H,18,19)(H,20,21). The lowest BCUT2D eigenvalue weighted by atomic mass is 9.79.